The fourth-order valence-corrected chi connectivity index (χ4v) is 4.36. The standard InChI is InChI=1S/C11H18N4O2S2/c1-4-11(3,5-2)14-19(16,17)9-8(12)13-10-15(9)6-7-18-10/h6-7,14H,4-5,12H2,1-3H3. The predicted octanol–water partition coefficient (Wildman–Crippen LogP) is 1.84. The molecule has 19 heavy (non-hydrogen) atoms. The van der Waals surface area contributed by atoms with Crippen LogP contribution < -0.4 is 10.5 Å². The van der Waals surface area contributed by atoms with Crippen LogP contribution in [0.4, 0.5) is 5.82 Å². The summed E-state index contributed by atoms with van der Waals surface area (Å²) in [6.45, 7) is 5.78. The average molecular weight is 302 g/mol. The molecule has 2 aromatic heterocycles. The van der Waals surface area contributed by atoms with Crippen molar-refractivity contribution in [3.05, 3.63) is 11.6 Å². The van der Waals surface area contributed by atoms with Crippen molar-refractivity contribution in [2.45, 2.75) is 44.2 Å². The van der Waals surface area contributed by atoms with Crippen molar-refractivity contribution in [2.75, 3.05) is 5.73 Å². The highest BCUT2D eigenvalue weighted by Gasteiger charge is 2.31. The Morgan fingerprint density at radius 1 is 1.47 bits per heavy atom. The molecule has 0 amide bonds. The number of thiazole rings is 1. The van der Waals surface area contributed by atoms with Crippen LogP contribution in [0.2, 0.25) is 0 Å². The molecule has 0 spiro atoms. The van der Waals surface area contributed by atoms with Gasteiger partial charge < -0.3 is 5.73 Å². The smallest absolute Gasteiger partial charge is 0.260 e. The van der Waals surface area contributed by atoms with Gasteiger partial charge in [0, 0.05) is 17.1 Å². The minimum absolute atomic E-state index is 0.0249. The third-order valence-electron chi connectivity index (χ3n) is 3.44. The van der Waals surface area contributed by atoms with Crippen LogP contribution in [0.25, 0.3) is 4.96 Å². The number of anilines is 1. The number of nitrogens with zero attached hydrogens (tertiary/aromatic N) is 2. The third-order valence-corrected chi connectivity index (χ3v) is 5.87. The van der Waals surface area contributed by atoms with Crippen LogP contribution in [-0.4, -0.2) is 23.3 Å². The van der Waals surface area contributed by atoms with Crippen molar-refractivity contribution in [1.82, 2.24) is 14.1 Å². The quantitative estimate of drug-likeness (QED) is 0.882. The average Bonchev–Trinajstić information content (AvgIpc) is 2.87. The van der Waals surface area contributed by atoms with Crippen molar-refractivity contribution in [3.8, 4) is 0 Å². The maximum Gasteiger partial charge on any atom is 0.260 e. The lowest BCUT2D eigenvalue weighted by Crippen LogP contribution is -2.45. The summed E-state index contributed by atoms with van der Waals surface area (Å²) >= 11 is 1.35. The van der Waals surface area contributed by atoms with Gasteiger partial charge in [-0.2, -0.15) is 0 Å². The van der Waals surface area contributed by atoms with Crippen LogP contribution in [0.3, 0.4) is 0 Å². The molecule has 2 aromatic rings. The fraction of sp³-hybridized carbons (Fsp3) is 0.545. The predicted molar refractivity (Wildman–Crippen MR) is 76.8 cm³/mol. The topological polar surface area (TPSA) is 89.5 Å². The van der Waals surface area contributed by atoms with Gasteiger partial charge in [-0.3, -0.25) is 4.40 Å². The number of rotatable bonds is 5. The third kappa shape index (κ3) is 2.47. The second kappa shape index (κ2) is 4.77. The van der Waals surface area contributed by atoms with Crippen molar-refractivity contribution in [2.24, 2.45) is 0 Å². The summed E-state index contributed by atoms with van der Waals surface area (Å²) in [5.74, 6) is 0.0360. The second-order valence-electron chi connectivity index (χ2n) is 4.73. The Morgan fingerprint density at radius 3 is 2.68 bits per heavy atom. The van der Waals surface area contributed by atoms with E-state index in [1.54, 1.807) is 11.6 Å². The number of hydrogen-bond donors (Lipinski definition) is 2. The molecule has 0 fully saturated rings. The highest BCUT2D eigenvalue weighted by molar-refractivity contribution is 7.89. The lowest BCUT2D eigenvalue weighted by Gasteiger charge is -2.27. The zero-order valence-corrected chi connectivity index (χ0v) is 12.8. The van der Waals surface area contributed by atoms with Gasteiger partial charge in [-0.1, -0.05) is 13.8 Å². The molecule has 0 saturated carbocycles. The minimum atomic E-state index is -3.69. The van der Waals surface area contributed by atoms with E-state index in [9.17, 15) is 8.42 Å². The summed E-state index contributed by atoms with van der Waals surface area (Å²) in [6, 6.07) is 0. The Labute approximate surface area is 116 Å². The van der Waals surface area contributed by atoms with Crippen LogP contribution in [0.1, 0.15) is 33.6 Å². The molecule has 0 aromatic carbocycles. The summed E-state index contributed by atoms with van der Waals surface area (Å²) in [5.41, 5.74) is 5.26. The number of hydrogen-bond acceptors (Lipinski definition) is 5. The number of sulfonamides is 1. The fourth-order valence-electron chi connectivity index (χ4n) is 1.82. The maximum atomic E-state index is 12.5. The molecule has 8 heteroatoms. The first-order valence-corrected chi connectivity index (χ1v) is 8.44. The SMILES string of the molecule is CCC(C)(CC)NS(=O)(=O)c1c(N)nc2sccn12. The van der Waals surface area contributed by atoms with E-state index in [1.165, 1.54) is 15.7 Å². The normalized spacial score (nSPS) is 13.2. The Morgan fingerprint density at radius 2 is 2.11 bits per heavy atom. The van der Waals surface area contributed by atoms with E-state index in [2.05, 4.69) is 9.71 Å². The van der Waals surface area contributed by atoms with Gasteiger partial charge in [0.1, 0.15) is 0 Å². The van der Waals surface area contributed by atoms with Crippen LogP contribution in [-0.2, 0) is 10.0 Å². The van der Waals surface area contributed by atoms with Gasteiger partial charge in [-0.25, -0.2) is 18.1 Å². The van der Waals surface area contributed by atoms with Crippen molar-refractivity contribution in [1.29, 1.82) is 0 Å². The molecular formula is C11H18N4O2S2. The number of imidazole rings is 1. The van der Waals surface area contributed by atoms with E-state index >= 15 is 0 Å². The summed E-state index contributed by atoms with van der Waals surface area (Å²) in [5, 5.41) is 1.80. The Hall–Kier alpha value is -1.12. The molecule has 0 unspecified atom stereocenters. The van der Waals surface area contributed by atoms with E-state index < -0.39 is 15.6 Å². The molecule has 0 saturated heterocycles. The Kier molecular flexibility index (Phi) is 3.59. The van der Waals surface area contributed by atoms with Gasteiger partial charge in [-0.05, 0) is 19.8 Å². The summed E-state index contributed by atoms with van der Waals surface area (Å²) in [7, 11) is -3.69. The Bertz CT molecular complexity index is 683. The van der Waals surface area contributed by atoms with Crippen LogP contribution in [0, 0.1) is 0 Å². The zero-order valence-electron chi connectivity index (χ0n) is 11.2. The molecule has 6 nitrogen and oxygen atoms in total. The number of nitrogens with two attached hydrogens (primary N) is 1. The van der Waals surface area contributed by atoms with Crippen LogP contribution >= 0.6 is 11.3 Å². The summed E-state index contributed by atoms with van der Waals surface area (Å²) in [6.07, 6.45) is 3.07. The highest BCUT2D eigenvalue weighted by Crippen LogP contribution is 2.25. The molecule has 2 rings (SSSR count). The number of fused-ring (bicyclic) bond motifs is 1. The lowest BCUT2D eigenvalue weighted by atomic mass is 9.98. The van der Waals surface area contributed by atoms with E-state index in [1.807, 2.05) is 20.8 Å². The van der Waals surface area contributed by atoms with E-state index in [4.69, 9.17) is 5.73 Å². The maximum absolute atomic E-state index is 12.5. The summed E-state index contributed by atoms with van der Waals surface area (Å²) < 4.78 is 29.3. The summed E-state index contributed by atoms with van der Waals surface area (Å²) in [4.78, 5) is 4.64. The molecule has 0 atom stereocenters. The molecule has 0 aliphatic carbocycles. The van der Waals surface area contributed by atoms with Gasteiger partial charge >= 0.3 is 0 Å². The van der Waals surface area contributed by atoms with E-state index in [0.717, 1.165) is 0 Å². The van der Waals surface area contributed by atoms with Gasteiger partial charge in [-0.15, -0.1) is 11.3 Å². The molecule has 0 radical (unpaired) electrons. The first kappa shape index (κ1) is 14.3. The molecule has 0 aliphatic rings. The minimum Gasteiger partial charge on any atom is -0.381 e. The first-order valence-electron chi connectivity index (χ1n) is 6.08. The van der Waals surface area contributed by atoms with Gasteiger partial charge in [0.15, 0.2) is 15.8 Å². The van der Waals surface area contributed by atoms with Gasteiger partial charge in [0.25, 0.3) is 10.0 Å². The first-order chi connectivity index (χ1) is 8.83. The molecule has 3 N–H and O–H groups in total. The second-order valence-corrected chi connectivity index (χ2v) is 7.20. The van der Waals surface area contributed by atoms with Crippen LogP contribution in [0.5, 0.6) is 0 Å². The lowest BCUT2D eigenvalue weighted by molar-refractivity contribution is 0.388. The Balaban J connectivity index is 2.50. The largest absolute Gasteiger partial charge is 0.381 e. The monoisotopic (exact) mass is 302 g/mol. The molecule has 0 bridgehead atoms. The van der Waals surface area contributed by atoms with E-state index in [0.29, 0.717) is 17.8 Å². The number of nitrogen functional groups attached to an aromatic ring is 1. The zero-order chi connectivity index (χ0) is 14.3. The van der Waals surface area contributed by atoms with Crippen molar-refractivity contribution in [3.63, 3.8) is 0 Å². The van der Waals surface area contributed by atoms with Crippen molar-refractivity contribution >= 4 is 32.1 Å². The number of aromatic nitrogens is 2. The van der Waals surface area contributed by atoms with E-state index in [-0.39, 0.29) is 10.8 Å². The molecule has 0 aliphatic heterocycles. The van der Waals surface area contributed by atoms with Crippen molar-refractivity contribution < 1.29 is 8.42 Å². The number of nitrogens with one attached hydrogen (secondary N) is 1. The molecule has 106 valence electrons. The van der Waals surface area contributed by atoms with Gasteiger partial charge in [0.05, 0.1) is 0 Å². The highest BCUT2D eigenvalue weighted by atomic mass is 32.2. The molecule has 2 heterocycles. The van der Waals surface area contributed by atoms with Gasteiger partial charge in [0.2, 0.25) is 0 Å². The van der Waals surface area contributed by atoms with Crippen LogP contribution in [0.15, 0.2) is 16.6 Å². The molecular weight excluding hydrogens is 284 g/mol.